The maximum absolute atomic E-state index is 12.1. The Bertz CT molecular complexity index is 738. The maximum Gasteiger partial charge on any atom is 0.321 e. The number of nitrogens with one attached hydrogen (secondary N) is 3. The van der Waals surface area contributed by atoms with Gasteiger partial charge in [-0.25, -0.2) is 4.79 Å². The summed E-state index contributed by atoms with van der Waals surface area (Å²) in [6.45, 7) is 3.93. The van der Waals surface area contributed by atoms with Gasteiger partial charge in [-0.05, 0) is 36.4 Å². The number of quaternary nitrogens is 1. The molecule has 0 atom stereocenters. The minimum absolute atomic E-state index is 0.250. The molecule has 1 fully saturated rings. The number of hydrogen-bond donors (Lipinski definition) is 3. The molecule has 0 aliphatic carbocycles. The number of piperazine rings is 1. The van der Waals surface area contributed by atoms with Crippen LogP contribution in [-0.4, -0.2) is 51.8 Å². The lowest BCUT2D eigenvalue weighted by atomic mass is 10.2. The standard InChI is InChI=1S/C19H24N4O4/c1-26-16-6-4-15(5-7-16)23-10-8-22(9-11-23)14-18(24)21-19(25)20-13-17-3-2-12-27-17/h2-7,12H,8-11,13-14H2,1H3,(H2,20,21,24,25)/p+1. The molecule has 8 nitrogen and oxygen atoms in total. The van der Waals surface area contributed by atoms with Crippen molar-refractivity contribution in [2.24, 2.45) is 0 Å². The third kappa shape index (κ3) is 5.49. The average molecular weight is 373 g/mol. The number of nitrogens with zero attached hydrogens (tertiary/aromatic N) is 1. The number of hydrogen-bond acceptors (Lipinski definition) is 5. The van der Waals surface area contributed by atoms with Gasteiger partial charge in [-0.1, -0.05) is 0 Å². The van der Waals surface area contributed by atoms with E-state index in [9.17, 15) is 9.59 Å². The monoisotopic (exact) mass is 373 g/mol. The Morgan fingerprint density at radius 1 is 1.19 bits per heavy atom. The highest BCUT2D eigenvalue weighted by atomic mass is 16.5. The molecular formula is C19H25N4O4+. The summed E-state index contributed by atoms with van der Waals surface area (Å²) in [6.07, 6.45) is 1.54. The number of amides is 3. The normalized spacial score (nSPS) is 14.6. The number of carbonyl (C=O) groups excluding carboxylic acids is 2. The van der Waals surface area contributed by atoms with Crippen LogP contribution in [0.2, 0.25) is 0 Å². The van der Waals surface area contributed by atoms with Crippen LogP contribution in [0.5, 0.6) is 5.75 Å². The van der Waals surface area contributed by atoms with Crippen molar-refractivity contribution in [1.82, 2.24) is 10.6 Å². The van der Waals surface area contributed by atoms with Crippen LogP contribution in [0, 0.1) is 0 Å². The van der Waals surface area contributed by atoms with E-state index < -0.39 is 6.03 Å². The molecule has 1 aromatic carbocycles. The van der Waals surface area contributed by atoms with Gasteiger partial charge in [0.2, 0.25) is 0 Å². The second kappa shape index (κ2) is 9.09. The molecule has 0 saturated carbocycles. The minimum atomic E-state index is -0.507. The number of methoxy groups -OCH3 is 1. The van der Waals surface area contributed by atoms with Gasteiger partial charge in [0, 0.05) is 5.69 Å². The number of benzene rings is 1. The van der Waals surface area contributed by atoms with Gasteiger partial charge in [-0.2, -0.15) is 0 Å². The van der Waals surface area contributed by atoms with E-state index in [4.69, 9.17) is 9.15 Å². The Hall–Kier alpha value is -3.00. The summed E-state index contributed by atoms with van der Waals surface area (Å²) < 4.78 is 10.3. The van der Waals surface area contributed by atoms with Crippen LogP contribution < -0.4 is 25.2 Å². The summed E-state index contributed by atoms with van der Waals surface area (Å²) in [5, 5.41) is 4.96. The molecule has 3 N–H and O–H groups in total. The zero-order valence-corrected chi connectivity index (χ0v) is 15.4. The van der Waals surface area contributed by atoms with Gasteiger partial charge in [0.25, 0.3) is 5.91 Å². The summed E-state index contributed by atoms with van der Waals surface area (Å²) >= 11 is 0. The molecule has 2 aromatic rings. The van der Waals surface area contributed by atoms with Crippen LogP contribution in [0.3, 0.4) is 0 Å². The van der Waals surface area contributed by atoms with Crippen LogP contribution in [0.15, 0.2) is 47.1 Å². The fourth-order valence-electron chi connectivity index (χ4n) is 3.07. The zero-order chi connectivity index (χ0) is 19.1. The molecule has 2 heterocycles. The Balaban J connectivity index is 1.37. The van der Waals surface area contributed by atoms with Gasteiger partial charge in [0.05, 0.1) is 46.1 Å². The fourth-order valence-corrected chi connectivity index (χ4v) is 3.07. The summed E-state index contributed by atoms with van der Waals surface area (Å²) in [7, 11) is 1.65. The number of imide groups is 1. The molecule has 0 spiro atoms. The highest BCUT2D eigenvalue weighted by molar-refractivity contribution is 5.94. The van der Waals surface area contributed by atoms with Crippen LogP contribution in [0.25, 0.3) is 0 Å². The third-order valence-electron chi connectivity index (χ3n) is 4.57. The number of ether oxygens (including phenoxy) is 1. The predicted molar refractivity (Wildman–Crippen MR) is 99.9 cm³/mol. The third-order valence-corrected chi connectivity index (χ3v) is 4.57. The van der Waals surface area contributed by atoms with Gasteiger partial charge in [0.15, 0.2) is 6.54 Å². The fraction of sp³-hybridized carbons (Fsp3) is 0.368. The van der Waals surface area contributed by atoms with E-state index in [-0.39, 0.29) is 19.0 Å². The van der Waals surface area contributed by atoms with Gasteiger partial charge in [-0.15, -0.1) is 0 Å². The van der Waals surface area contributed by atoms with Crippen molar-refractivity contribution in [3.63, 3.8) is 0 Å². The van der Waals surface area contributed by atoms with E-state index in [1.165, 1.54) is 6.26 Å². The largest absolute Gasteiger partial charge is 0.497 e. The lowest BCUT2D eigenvalue weighted by Gasteiger charge is -2.33. The first-order valence-corrected chi connectivity index (χ1v) is 8.96. The number of furan rings is 1. The van der Waals surface area contributed by atoms with Crippen molar-refractivity contribution in [3.05, 3.63) is 48.4 Å². The molecule has 1 aliphatic heterocycles. The van der Waals surface area contributed by atoms with E-state index in [1.54, 1.807) is 19.2 Å². The van der Waals surface area contributed by atoms with E-state index >= 15 is 0 Å². The maximum atomic E-state index is 12.1. The Morgan fingerprint density at radius 2 is 1.93 bits per heavy atom. The molecule has 1 aromatic heterocycles. The highest BCUT2D eigenvalue weighted by Crippen LogP contribution is 2.18. The molecule has 27 heavy (non-hydrogen) atoms. The van der Waals surface area contributed by atoms with Crippen LogP contribution in [-0.2, 0) is 11.3 Å². The first-order chi connectivity index (χ1) is 13.1. The van der Waals surface area contributed by atoms with Gasteiger partial charge < -0.3 is 24.3 Å². The lowest BCUT2D eigenvalue weighted by Crippen LogP contribution is -3.16. The number of rotatable bonds is 6. The summed E-state index contributed by atoms with van der Waals surface area (Å²) in [5.41, 5.74) is 1.15. The number of carbonyl (C=O) groups is 2. The molecule has 0 radical (unpaired) electrons. The molecule has 144 valence electrons. The quantitative estimate of drug-likeness (QED) is 0.664. The van der Waals surface area contributed by atoms with Crippen LogP contribution in [0.1, 0.15) is 5.76 Å². The second-order valence-corrected chi connectivity index (χ2v) is 6.42. The second-order valence-electron chi connectivity index (χ2n) is 6.42. The molecular weight excluding hydrogens is 348 g/mol. The number of urea groups is 1. The minimum Gasteiger partial charge on any atom is -0.497 e. The lowest BCUT2D eigenvalue weighted by molar-refractivity contribution is -0.892. The van der Waals surface area contributed by atoms with E-state index in [0.29, 0.717) is 5.76 Å². The molecule has 3 amide bonds. The average Bonchev–Trinajstić information content (AvgIpc) is 3.21. The van der Waals surface area contributed by atoms with Crippen molar-refractivity contribution in [1.29, 1.82) is 0 Å². The van der Waals surface area contributed by atoms with Gasteiger partial charge in [0.1, 0.15) is 11.5 Å². The predicted octanol–water partition coefficient (Wildman–Crippen LogP) is 0.0191. The van der Waals surface area contributed by atoms with E-state index in [0.717, 1.165) is 42.5 Å². The molecule has 1 aliphatic rings. The smallest absolute Gasteiger partial charge is 0.321 e. The first kappa shape index (κ1) is 18.8. The first-order valence-electron chi connectivity index (χ1n) is 8.96. The topological polar surface area (TPSA) is 88.2 Å². The molecule has 3 rings (SSSR count). The highest BCUT2D eigenvalue weighted by Gasteiger charge is 2.23. The SMILES string of the molecule is COc1ccc(N2CC[NH+](CC(=O)NC(=O)NCc3ccco3)CC2)cc1. The van der Waals surface area contributed by atoms with Crippen molar-refractivity contribution >= 4 is 17.6 Å². The molecule has 0 unspecified atom stereocenters. The Kier molecular flexibility index (Phi) is 6.32. The van der Waals surface area contributed by atoms with Crippen molar-refractivity contribution in [3.8, 4) is 5.75 Å². The van der Waals surface area contributed by atoms with E-state index in [2.05, 4.69) is 15.5 Å². The number of anilines is 1. The summed E-state index contributed by atoms with van der Waals surface area (Å²) in [5.74, 6) is 1.20. The van der Waals surface area contributed by atoms with Crippen molar-refractivity contribution in [2.75, 3.05) is 44.7 Å². The van der Waals surface area contributed by atoms with Crippen LogP contribution in [0.4, 0.5) is 10.5 Å². The van der Waals surface area contributed by atoms with E-state index in [1.807, 2.05) is 24.3 Å². The summed E-state index contributed by atoms with van der Waals surface area (Å²) in [6, 6.07) is 11.0. The Morgan fingerprint density at radius 3 is 2.56 bits per heavy atom. The summed E-state index contributed by atoms with van der Waals surface area (Å²) in [4.78, 5) is 27.3. The van der Waals surface area contributed by atoms with Crippen molar-refractivity contribution < 1.29 is 23.6 Å². The molecule has 0 bridgehead atoms. The van der Waals surface area contributed by atoms with Gasteiger partial charge in [-0.3, -0.25) is 10.1 Å². The van der Waals surface area contributed by atoms with Crippen LogP contribution >= 0.6 is 0 Å². The molecule has 8 heteroatoms. The Labute approximate surface area is 158 Å². The molecule has 1 saturated heterocycles. The zero-order valence-electron chi connectivity index (χ0n) is 15.4. The van der Waals surface area contributed by atoms with Gasteiger partial charge >= 0.3 is 6.03 Å². The van der Waals surface area contributed by atoms with Crippen molar-refractivity contribution in [2.45, 2.75) is 6.54 Å².